The molecule has 2 saturated heterocycles. The first-order valence-corrected chi connectivity index (χ1v) is 19.0. The number of benzene rings is 1. The van der Waals surface area contributed by atoms with Crippen LogP contribution in [-0.2, 0) is 41.7 Å². The summed E-state index contributed by atoms with van der Waals surface area (Å²) in [4.78, 5) is 22.7. The zero-order valence-electron chi connectivity index (χ0n) is 30.9. The molecule has 2 aliphatic heterocycles. The van der Waals surface area contributed by atoms with Crippen LogP contribution in [0.2, 0.25) is 0 Å². The van der Waals surface area contributed by atoms with E-state index in [1.165, 1.54) is 10.9 Å². The van der Waals surface area contributed by atoms with E-state index in [9.17, 15) is 0 Å². The minimum absolute atomic E-state index is 0.102. The fraction of sp³-hybridized carbons (Fsp3) is 0.550. The highest BCUT2D eigenvalue weighted by molar-refractivity contribution is 7.07. The highest BCUT2D eigenvalue weighted by atomic mass is 32.1. The van der Waals surface area contributed by atoms with E-state index < -0.39 is 0 Å². The number of morpholine rings is 1. The number of methoxy groups -OCH3 is 1. The summed E-state index contributed by atoms with van der Waals surface area (Å²) < 4.78 is 26.0. The summed E-state index contributed by atoms with van der Waals surface area (Å²) in [7, 11) is 3.29. The minimum Gasteiger partial charge on any atom is -0.381 e. The monoisotopic (exact) mass is 716 g/mol. The average molecular weight is 717 g/mol. The lowest BCUT2D eigenvalue weighted by atomic mass is 9.84. The van der Waals surface area contributed by atoms with Gasteiger partial charge in [0.25, 0.3) is 0 Å². The Labute approximate surface area is 306 Å². The van der Waals surface area contributed by atoms with E-state index in [4.69, 9.17) is 33.7 Å². The summed E-state index contributed by atoms with van der Waals surface area (Å²) in [5.41, 5.74) is 9.84. The predicted octanol–water partition coefficient (Wildman–Crippen LogP) is 6.95. The topological polar surface area (TPSA) is 89.3 Å². The Morgan fingerprint density at radius 2 is 1.82 bits per heavy atom. The van der Waals surface area contributed by atoms with Gasteiger partial charge in [-0.1, -0.05) is 31.8 Å². The first-order chi connectivity index (χ1) is 24.8. The summed E-state index contributed by atoms with van der Waals surface area (Å²) in [6.45, 7) is 15.0. The maximum absolute atomic E-state index is 6.50. The summed E-state index contributed by atoms with van der Waals surface area (Å²) in [5.74, 6) is 6.97. The van der Waals surface area contributed by atoms with Crippen molar-refractivity contribution in [2.45, 2.75) is 71.8 Å². The first-order valence-electron chi connectivity index (χ1n) is 18.0. The van der Waals surface area contributed by atoms with Crippen LogP contribution in [0, 0.1) is 17.3 Å². The van der Waals surface area contributed by atoms with Gasteiger partial charge in [0.15, 0.2) is 0 Å². The van der Waals surface area contributed by atoms with Gasteiger partial charge in [-0.25, -0.2) is 14.8 Å². The molecular formula is C40H52N4O6S. The number of fused-ring (bicyclic) bond motifs is 1. The molecule has 0 saturated carbocycles. The fourth-order valence-corrected chi connectivity index (χ4v) is 7.53. The molecule has 0 N–H and O–H groups in total. The first kappa shape index (κ1) is 37.6. The molecule has 3 aromatic heterocycles. The highest BCUT2D eigenvalue weighted by Crippen LogP contribution is 2.42. The molecule has 0 bridgehead atoms. The van der Waals surface area contributed by atoms with E-state index >= 15 is 0 Å². The van der Waals surface area contributed by atoms with Crippen LogP contribution in [0.4, 0.5) is 0 Å². The Hall–Kier alpha value is -3.18. The smallest absolute Gasteiger partial charge is 0.0969 e. The van der Waals surface area contributed by atoms with Crippen molar-refractivity contribution in [1.82, 2.24) is 19.4 Å². The molecule has 0 unspecified atom stereocenters. The largest absolute Gasteiger partial charge is 0.381 e. The van der Waals surface area contributed by atoms with E-state index in [2.05, 4.69) is 83.6 Å². The summed E-state index contributed by atoms with van der Waals surface area (Å²) in [6.07, 6.45) is 4.38. The van der Waals surface area contributed by atoms with Gasteiger partial charge in [-0.2, -0.15) is 0 Å². The number of hydrogen-bond donors (Lipinski definition) is 0. The number of pyridine rings is 1. The number of thiazole rings is 1. The molecule has 2 fully saturated rings. The lowest BCUT2D eigenvalue weighted by Crippen LogP contribution is -2.41. The van der Waals surface area contributed by atoms with Crippen LogP contribution in [-0.4, -0.2) is 98.5 Å². The summed E-state index contributed by atoms with van der Waals surface area (Å²) >= 11 is 1.60. The second-order valence-corrected chi connectivity index (χ2v) is 14.9. The molecule has 2 aliphatic rings. The van der Waals surface area contributed by atoms with Gasteiger partial charge in [0.05, 0.1) is 74.4 Å². The lowest BCUT2D eigenvalue weighted by molar-refractivity contribution is -0.287. The maximum Gasteiger partial charge on any atom is 0.0969 e. The quantitative estimate of drug-likeness (QED) is 0.0782. The van der Waals surface area contributed by atoms with Crippen LogP contribution in [0.3, 0.4) is 0 Å². The molecule has 0 amide bonds. The zero-order valence-corrected chi connectivity index (χ0v) is 31.7. The molecule has 11 heteroatoms. The summed E-state index contributed by atoms with van der Waals surface area (Å²) in [6, 6.07) is 8.98. The number of hydrogen-bond acceptors (Lipinski definition) is 10. The van der Waals surface area contributed by atoms with Crippen molar-refractivity contribution in [2.75, 3.05) is 67.0 Å². The molecule has 10 nitrogen and oxygen atoms in total. The van der Waals surface area contributed by atoms with Gasteiger partial charge >= 0.3 is 0 Å². The van der Waals surface area contributed by atoms with Gasteiger partial charge in [-0.15, -0.1) is 11.3 Å². The third-order valence-electron chi connectivity index (χ3n) is 9.89. The molecule has 0 radical (unpaired) electrons. The molecule has 2 atom stereocenters. The second kappa shape index (κ2) is 17.6. The van der Waals surface area contributed by atoms with Crippen LogP contribution in [0.15, 0.2) is 41.4 Å². The number of rotatable bonds is 14. The highest BCUT2D eigenvalue weighted by Gasteiger charge is 2.29. The van der Waals surface area contributed by atoms with E-state index in [0.717, 1.165) is 98.1 Å². The Morgan fingerprint density at radius 1 is 1.04 bits per heavy atom. The predicted molar refractivity (Wildman–Crippen MR) is 201 cm³/mol. The zero-order chi connectivity index (χ0) is 35.8. The number of nitrogens with zero attached hydrogens (tertiary/aromatic N) is 4. The van der Waals surface area contributed by atoms with Gasteiger partial charge in [0.1, 0.15) is 0 Å². The van der Waals surface area contributed by atoms with Gasteiger partial charge in [0, 0.05) is 79.1 Å². The Kier molecular flexibility index (Phi) is 12.9. The Bertz CT molecular complexity index is 1780. The van der Waals surface area contributed by atoms with Crippen LogP contribution in [0.5, 0.6) is 0 Å². The molecule has 0 spiro atoms. The van der Waals surface area contributed by atoms with Gasteiger partial charge < -0.3 is 23.5 Å². The van der Waals surface area contributed by atoms with Crippen LogP contribution >= 0.6 is 11.3 Å². The third-order valence-corrected chi connectivity index (χ3v) is 10.5. The molecular weight excluding hydrogens is 665 g/mol. The van der Waals surface area contributed by atoms with E-state index in [-0.39, 0.29) is 23.7 Å². The van der Waals surface area contributed by atoms with E-state index in [0.29, 0.717) is 19.8 Å². The van der Waals surface area contributed by atoms with E-state index in [1.807, 2.05) is 11.7 Å². The molecule has 51 heavy (non-hydrogen) atoms. The van der Waals surface area contributed by atoms with Crippen LogP contribution < -0.4 is 0 Å². The third kappa shape index (κ3) is 9.25. The van der Waals surface area contributed by atoms with Gasteiger partial charge in [0.2, 0.25) is 0 Å². The second-order valence-electron chi connectivity index (χ2n) is 14.2. The van der Waals surface area contributed by atoms with Crippen molar-refractivity contribution in [1.29, 1.82) is 0 Å². The normalized spacial score (nSPS) is 17.4. The molecule has 5 heterocycles. The van der Waals surface area contributed by atoms with Crippen molar-refractivity contribution in [2.24, 2.45) is 5.41 Å². The van der Waals surface area contributed by atoms with Gasteiger partial charge in [-0.3, -0.25) is 9.88 Å². The molecule has 4 aromatic rings. The van der Waals surface area contributed by atoms with Crippen molar-refractivity contribution in [3.8, 4) is 34.4 Å². The van der Waals surface area contributed by atoms with Crippen molar-refractivity contribution < 1.29 is 28.7 Å². The van der Waals surface area contributed by atoms with Crippen LogP contribution in [0.25, 0.3) is 33.4 Å². The average Bonchev–Trinajstić information content (AvgIpc) is 3.80. The van der Waals surface area contributed by atoms with Crippen molar-refractivity contribution in [3.05, 3.63) is 58.2 Å². The fourth-order valence-electron chi connectivity index (χ4n) is 6.97. The maximum atomic E-state index is 6.50. The summed E-state index contributed by atoms with van der Waals surface area (Å²) in [5, 5.41) is 3.26. The Balaban J connectivity index is 1.52. The van der Waals surface area contributed by atoms with Crippen molar-refractivity contribution >= 4 is 22.2 Å². The molecule has 1 aromatic carbocycles. The minimum atomic E-state index is -0.259. The molecule has 0 aliphatic carbocycles. The molecule has 274 valence electrons. The Morgan fingerprint density at radius 3 is 2.55 bits per heavy atom. The van der Waals surface area contributed by atoms with Crippen LogP contribution in [0.1, 0.15) is 63.5 Å². The number of ether oxygens (including phenoxy) is 4. The standard InChI is InChI=1S/C40H52N4O6S/c1-28(43-13-18-48-19-14-43)7-8-30-21-34(38(41-24-30)29(2)45-5)39-35(23-40(3,4)26-50-46-6)33-22-31(36-25-51-27-42-36)9-10-37(33)44(39)15-20-49-32-11-16-47-17-12-32/h9-10,21-22,24-25,27-29,32H,11-20,23,26H2,1-6H3/t28-,29+/m1/s1. The number of aromatic nitrogens is 3. The SMILES string of the molecule is COOCC(C)(C)Cc1c(-c2cc(C#C[C@@H](C)N3CCOCC3)cnc2[C@H](C)OC)n(CCOC2CCOCC2)c2ccc(-c3cscn3)cc12. The van der Waals surface area contributed by atoms with Crippen molar-refractivity contribution in [3.63, 3.8) is 0 Å². The van der Waals surface area contributed by atoms with E-state index in [1.54, 1.807) is 25.6 Å². The molecule has 6 rings (SSSR count). The lowest BCUT2D eigenvalue weighted by Gasteiger charge is -2.29. The van der Waals surface area contributed by atoms with Gasteiger partial charge in [-0.05, 0) is 62.3 Å².